The predicted octanol–water partition coefficient (Wildman–Crippen LogP) is 3.30. The van der Waals surface area contributed by atoms with E-state index in [2.05, 4.69) is 28.8 Å². The monoisotopic (exact) mass is 419 g/mol. The highest BCUT2D eigenvalue weighted by atomic mass is 16.2. The Morgan fingerprint density at radius 1 is 0.968 bits per heavy atom. The fraction of sp³-hybridized carbons (Fsp3) is 0.400. The summed E-state index contributed by atoms with van der Waals surface area (Å²) in [6.07, 6.45) is 6.14. The summed E-state index contributed by atoms with van der Waals surface area (Å²) in [7, 11) is 0. The average Bonchev–Trinajstić information content (AvgIpc) is 3.23. The third kappa shape index (κ3) is 4.95. The van der Waals surface area contributed by atoms with Gasteiger partial charge in [0.2, 0.25) is 11.8 Å². The fourth-order valence-electron chi connectivity index (χ4n) is 4.38. The number of hydrogen-bond acceptors (Lipinski definition) is 3. The molecule has 0 radical (unpaired) electrons. The molecule has 31 heavy (non-hydrogen) atoms. The molecule has 0 aromatic heterocycles. The summed E-state index contributed by atoms with van der Waals surface area (Å²) in [4.78, 5) is 38.3. The van der Waals surface area contributed by atoms with Crippen LogP contribution in [-0.4, -0.2) is 30.8 Å². The van der Waals surface area contributed by atoms with Gasteiger partial charge in [0.1, 0.15) is 0 Å². The first-order valence-corrected chi connectivity index (χ1v) is 11.1. The normalized spacial score (nSPS) is 16.5. The van der Waals surface area contributed by atoms with Crippen molar-refractivity contribution in [3.8, 4) is 0 Å². The zero-order valence-corrected chi connectivity index (χ0v) is 17.9. The predicted molar refractivity (Wildman–Crippen MR) is 120 cm³/mol. The van der Waals surface area contributed by atoms with Crippen LogP contribution in [0.1, 0.15) is 65.7 Å². The number of carbonyl (C=O) groups excluding carboxylic acids is 3. The van der Waals surface area contributed by atoms with Gasteiger partial charge in [-0.1, -0.05) is 18.2 Å². The Bertz CT molecular complexity index is 984. The molecule has 1 fully saturated rings. The molecule has 3 amide bonds. The minimum atomic E-state index is -0.309. The van der Waals surface area contributed by atoms with Crippen LogP contribution >= 0.6 is 0 Å². The molecule has 2 aliphatic rings. The second-order valence-electron chi connectivity index (χ2n) is 8.40. The van der Waals surface area contributed by atoms with Crippen LogP contribution in [0.4, 0.5) is 5.69 Å². The lowest BCUT2D eigenvalue weighted by atomic mass is 9.89. The minimum absolute atomic E-state index is 0.0829. The number of rotatable bonds is 6. The lowest BCUT2D eigenvalue weighted by molar-refractivity contribution is -0.120. The summed E-state index contributed by atoms with van der Waals surface area (Å²) >= 11 is 0. The number of aryl methyl sites for hydroxylation is 2. The molecule has 162 valence electrons. The van der Waals surface area contributed by atoms with Gasteiger partial charge in [-0.2, -0.15) is 0 Å². The van der Waals surface area contributed by atoms with Gasteiger partial charge in [0.05, 0.1) is 12.6 Å². The topological polar surface area (TPSA) is 78.5 Å². The number of nitrogens with zero attached hydrogens (tertiary/aromatic N) is 1. The number of nitrogens with one attached hydrogen (secondary N) is 2. The Hall–Kier alpha value is -3.15. The first kappa shape index (κ1) is 21.1. The zero-order valence-electron chi connectivity index (χ0n) is 17.9. The molecular formula is C25H29N3O3. The van der Waals surface area contributed by atoms with Crippen molar-refractivity contribution in [2.45, 2.75) is 51.5 Å². The van der Waals surface area contributed by atoms with Crippen LogP contribution < -0.4 is 15.5 Å². The van der Waals surface area contributed by atoms with Gasteiger partial charge in [-0.15, -0.1) is 0 Å². The molecule has 2 N–H and O–H groups in total. The molecule has 4 rings (SSSR count). The number of hydrogen-bond donors (Lipinski definition) is 2. The van der Waals surface area contributed by atoms with Crippen molar-refractivity contribution in [2.24, 2.45) is 0 Å². The summed E-state index contributed by atoms with van der Waals surface area (Å²) in [5, 5.41) is 5.63. The standard InChI is InChI=1S/C25H29N3O3/c1-17(20-9-8-18-5-2-3-6-21(18)15-20)27-23(29)16-26-25(31)19-10-12-22(13-11-19)28-14-4-7-24(28)30/h8-13,15,17H,2-7,14,16H2,1H3,(H,26,31)(H,27,29)/t17-/m0/s1. The van der Waals surface area contributed by atoms with Crippen molar-refractivity contribution in [3.63, 3.8) is 0 Å². The highest BCUT2D eigenvalue weighted by Gasteiger charge is 2.22. The van der Waals surface area contributed by atoms with Crippen molar-refractivity contribution < 1.29 is 14.4 Å². The second kappa shape index (κ2) is 9.33. The van der Waals surface area contributed by atoms with Crippen LogP contribution in [0.3, 0.4) is 0 Å². The van der Waals surface area contributed by atoms with Gasteiger partial charge >= 0.3 is 0 Å². The van der Waals surface area contributed by atoms with E-state index in [1.807, 2.05) is 6.92 Å². The second-order valence-corrected chi connectivity index (χ2v) is 8.40. The molecule has 1 heterocycles. The molecule has 6 nitrogen and oxygen atoms in total. The maximum Gasteiger partial charge on any atom is 0.251 e. The summed E-state index contributed by atoms with van der Waals surface area (Å²) in [5.41, 5.74) is 5.16. The number of benzene rings is 2. The first-order valence-electron chi connectivity index (χ1n) is 11.1. The van der Waals surface area contributed by atoms with E-state index in [9.17, 15) is 14.4 Å². The largest absolute Gasteiger partial charge is 0.348 e. The van der Waals surface area contributed by atoms with E-state index in [0.717, 1.165) is 30.5 Å². The van der Waals surface area contributed by atoms with Gasteiger partial charge in [0, 0.05) is 24.2 Å². The fourth-order valence-corrected chi connectivity index (χ4v) is 4.38. The summed E-state index contributed by atoms with van der Waals surface area (Å²) in [6.45, 7) is 2.59. The molecule has 0 unspecified atom stereocenters. The molecule has 1 atom stereocenters. The van der Waals surface area contributed by atoms with E-state index in [0.29, 0.717) is 18.5 Å². The summed E-state index contributed by atoms with van der Waals surface area (Å²) < 4.78 is 0. The van der Waals surface area contributed by atoms with Crippen molar-refractivity contribution in [1.82, 2.24) is 10.6 Å². The van der Waals surface area contributed by atoms with Crippen LogP contribution in [0.25, 0.3) is 0 Å². The Morgan fingerprint density at radius 2 is 1.71 bits per heavy atom. The lowest BCUT2D eigenvalue weighted by Gasteiger charge is -2.20. The Labute approximate surface area is 183 Å². The number of fused-ring (bicyclic) bond motifs is 1. The van der Waals surface area contributed by atoms with Crippen LogP contribution in [0.5, 0.6) is 0 Å². The summed E-state index contributed by atoms with van der Waals surface area (Å²) in [6, 6.07) is 13.3. The van der Waals surface area contributed by atoms with Crippen LogP contribution in [0.15, 0.2) is 42.5 Å². The Balaban J connectivity index is 1.28. The highest BCUT2D eigenvalue weighted by Crippen LogP contribution is 2.25. The van der Waals surface area contributed by atoms with E-state index in [1.54, 1.807) is 29.2 Å². The van der Waals surface area contributed by atoms with Gasteiger partial charge in [-0.25, -0.2) is 0 Å². The van der Waals surface area contributed by atoms with E-state index in [4.69, 9.17) is 0 Å². The van der Waals surface area contributed by atoms with Gasteiger partial charge in [-0.05, 0) is 80.0 Å². The van der Waals surface area contributed by atoms with Crippen molar-refractivity contribution in [1.29, 1.82) is 0 Å². The van der Waals surface area contributed by atoms with Crippen LogP contribution in [-0.2, 0) is 22.4 Å². The van der Waals surface area contributed by atoms with Gasteiger partial charge in [-0.3, -0.25) is 14.4 Å². The number of anilines is 1. The molecule has 6 heteroatoms. The molecule has 2 aromatic rings. The molecule has 0 spiro atoms. The highest BCUT2D eigenvalue weighted by molar-refractivity contribution is 5.98. The van der Waals surface area contributed by atoms with Crippen LogP contribution in [0, 0.1) is 0 Å². The quantitative estimate of drug-likeness (QED) is 0.754. The third-order valence-electron chi connectivity index (χ3n) is 6.17. The zero-order chi connectivity index (χ0) is 21.8. The van der Waals surface area contributed by atoms with Gasteiger partial charge in [0.15, 0.2) is 0 Å². The number of amides is 3. The SMILES string of the molecule is C[C@H](NC(=O)CNC(=O)c1ccc(N2CCCC2=O)cc1)c1ccc2c(c1)CCCC2. The van der Waals surface area contributed by atoms with Gasteiger partial charge < -0.3 is 15.5 Å². The maximum absolute atomic E-state index is 12.4. The average molecular weight is 420 g/mol. The van der Waals surface area contributed by atoms with Crippen LogP contribution in [0.2, 0.25) is 0 Å². The maximum atomic E-state index is 12.4. The van der Waals surface area contributed by atoms with Gasteiger partial charge in [0.25, 0.3) is 5.91 Å². The Morgan fingerprint density at radius 3 is 2.42 bits per heavy atom. The van der Waals surface area contributed by atoms with Crippen molar-refractivity contribution in [2.75, 3.05) is 18.0 Å². The molecule has 0 bridgehead atoms. The molecule has 1 aliphatic heterocycles. The molecule has 2 aromatic carbocycles. The first-order chi connectivity index (χ1) is 15.0. The molecular weight excluding hydrogens is 390 g/mol. The smallest absolute Gasteiger partial charge is 0.251 e. The van der Waals surface area contributed by atoms with E-state index in [1.165, 1.54) is 24.0 Å². The third-order valence-corrected chi connectivity index (χ3v) is 6.17. The molecule has 1 saturated heterocycles. The van der Waals surface area contributed by atoms with Crippen molar-refractivity contribution in [3.05, 3.63) is 64.7 Å². The van der Waals surface area contributed by atoms with E-state index >= 15 is 0 Å². The van der Waals surface area contributed by atoms with E-state index in [-0.39, 0.29) is 30.3 Å². The lowest BCUT2D eigenvalue weighted by Crippen LogP contribution is -2.38. The van der Waals surface area contributed by atoms with E-state index < -0.39 is 0 Å². The molecule has 0 saturated carbocycles. The number of carbonyl (C=O) groups is 3. The summed E-state index contributed by atoms with van der Waals surface area (Å²) in [5.74, 6) is -0.421. The molecule has 1 aliphatic carbocycles. The van der Waals surface area contributed by atoms with Crippen molar-refractivity contribution >= 4 is 23.4 Å². The Kier molecular flexibility index (Phi) is 6.35. The minimum Gasteiger partial charge on any atom is -0.348 e.